The van der Waals surface area contributed by atoms with Gasteiger partial charge in [0.15, 0.2) is 0 Å². The maximum absolute atomic E-state index is 5.58. The second-order valence-corrected chi connectivity index (χ2v) is 4.54. The molecule has 1 unspecified atom stereocenters. The van der Waals surface area contributed by atoms with Gasteiger partial charge in [-0.25, -0.2) is 4.98 Å². The molecule has 3 rings (SSSR count). The highest BCUT2D eigenvalue weighted by molar-refractivity contribution is 5.87. The molecular formula is C13H16N2O3. The van der Waals surface area contributed by atoms with Gasteiger partial charge in [0.2, 0.25) is 0 Å². The summed E-state index contributed by atoms with van der Waals surface area (Å²) in [5, 5.41) is 4.32. The first kappa shape index (κ1) is 11.5. The zero-order valence-electron chi connectivity index (χ0n) is 10.3. The molecule has 1 N–H and O–H groups in total. The van der Waals surface area contributed by atoms with Crippen LogP contribution in [0.1, 0.15) is 6.42 Å². The Balaban J connectivity index is 1.78. The van der Waals surface area contributed by atoms with Crippen molar-refractivity contribution in [3.63, 3.8) is 0 Å². The summed E-state index contributed by atoms with van der Waals surface area (Å²) >= 11 is 0. The second kappa shape index (κ2) is 4.59. The molecule has 0 spiro atoms. The lowest BCUT2D eigenvalue weighted by Gasteiger charge is -2.26. The molecule has 1 aliphatic rings. The number of ether oxygens (including phenoxy) is 2. The van der Waals surface area contributed by atoms with E-state index in [1.165, 1.54) is 0 Å². The lowest BCUT2D eigenvalue weighted by molar-refractivity contribution is -0.00623. The summed E-state index contributed by atoms with van der Waals surface area (Å²) < 4.78 is 16.3. The Kier molecular flexibility index (Phi) is 2.93. The summed E-state index contributed by atoms with van der Waals surface area (Å²) in [5.74, 6) is 0.824. The van der Waals surface area contributed by atoms with E-state index in [9.17, 15) is 0 Å². The molecule has 2 aromatic rings. The van der Waals surface area contributed by atoms with Crippen LogP contribution in [0.15, 0.2) is 29.0 Å². The molecule has 1 atom stereocenters. The van der Waals surface area contributed by atoms with Crippen LogP contribution in [0.5, 0.6) is 0 Å². The van der Waals surface area contributed by atoms with Crippen molar-refractivity contribution in [2.24, 2.45) is 0 Å². The molecule has 0 saturated carbocycles. The number of anilines is 1. The van der Waals surface area contributed by atoms with Gasteiger partial charge in [-0.3, -0.25) is 0 Å². The monoisotopic (exact) mass is 248 g/mol. The van der Waals surface area contributed by atoms with Gasteiger partial charge in [-0.2, -0.15) is 0 Å². The highest BCUT2D eigenvalue weighted by Gasteiger charge is 2.34. The van der Waals surface area contributed by atoms with Gasteiger partial charge in [0, 0.05) is 32.9 Å². The third-order valence-electron chi connectivity index (χ3n) is 3.46. The maximum Gasteiger partial charge on any atom is 0.139 e. The van der Waals surface area contributed by atoms with Crippen LogP contribution in [0.2, 0.25) is 0 Å². The highest BCUT2D eigenvalue weighted by Crippen LogP contribution is 2.26. The maximum atomic E-state index is 5.58. The number of pyridine rings is 1. The lowest BCUT2D eigenvalue weighted by atomic mass is 10.0. The lowest BCUT2D eigenvalue weighted by Crippen LogP contribution is -2.39. The number of methoxy groups -OCH3 is 1. The quantitative estimate of drug-likeness (QED) is 0.897. The molecule has 1 saturated heterocycles. The topological polar surface area (TPSA) is 56.5 Å². The number of rotatable bonds is 4. The summed E-state index contributed by atoms with van der Waals surface area (Å²) in [6.45, 7) is 2.05. The van der Waals surface area contributed by atoms with E-state index in [4.69, 9.17) is 13.9 Å². The van der Waals surface area contributed by atoms with Gasteiger partial charge in [-0.1, -0.05) is 0 Å². The van der Waals surface area contributed by atoms with Crippen LogP contribution < -0.4 is 5.32 Å². The highest BCUT2D eigenvalue weighted by atomic mass is 16.5. The molecule has 5 heteroatoms. The zero-order chi connectivity index (χ0) is 12.4. The van der Waals surface area contributed by atoms with Crippen LogP contribution in [-0.2, 0) is 9.47 Å². The zero-order valence-corrected chi connectivity index (χ0v) is 10.3. The summed E-state index contributed by atoms with van der Waals surface area (Å²) in [6, 6.07) is 3.76. The predicted octanol–water partition coefficient (Wildman–Crippen LogP) is 2.05. The molecule has 2 aromatic heterocycles. The van der Waals surface area contributed by atoms with Crippen molar-refractivity contribution in [2.75, 3.05) is 32.2 Å². The Morgan fingerprint density at radius 3 is 3.22 bits per heavy atom. The van der Waals surface area contributed by atoms with Gasteiger partial charge < -0.3 is 19.2 Å². The molecule has 1 fully saturated rings. The molecule has 5 nitrogen and oxygen atoms in total. The summed E-state index contributed by atoms with van der Waals surface area (Å²) in [7, 11) is 1.72. The van der Waals surface area contributed by atoms with Crippen LogP contribution in [0, 0.1) is 0 Å². The predicted molar refractivity (Wildman–Crippen MR) is 67.7 cm³/mol. The normalized spacial score (nSPS) is 23.6. The van der Waals surface area contributed by atoms with Gasteiger partial charge in [-0.05, 0) is 12.1 Å². The standard InChI is InChI=1S/C13H16N2O3/c1-16-13(4-7-17-9-13)8-15-12-10-3-6-18-11(10)2-5-14-12/h2-3,5-6H,4,7-9H2,1H3,(H,14,15). The Morgan fingerprint density at radius 1 is 1.50 bits per heavy atom. The van der Waals surface area contributed by atoms with E-state index in [1.54, 1.807) is 19.6 Å². The van der Waals surface area contributed by atoms with Crippen LogP contribution in [-0.4, -0.2) is 37.5 Å². The van der Waals surface area contributed by atoms with Crippen molar-refractivity contribution in [3.8, 4) is 0 Å². The van der Waals surface area contributed by atoms with Crippen molar-refractivity contribution in [2.45, 2.75) is 12.0 Å². The molecule has 18 heavy (non-hydrogen) atoms. The summed E-state index contributed by atoms with van der Waals surface area (Å²) in [4.78, 5) is 4.34. The SMILES string of the molecule is COC1(CNc2nccc3occc23)CCOC1. The van der Waals surface area contributed by atoms with Gasteiger partial charge in [0.1, 0.15) is 17.0 Å². The van der Waals surface area contributed by atoms with Gasteiger partial charge in [-0.15, -0.1) is 0 Å². The van der Waals surface area contributed by atoms with E-state index < -0.39 is 0 Å². The first-order valence-electron chi connectivity index (χ1n) is 6.02. The van der Waals surface area contributed by atoms with Crippen LogP contribution in [0.25, 0.3) is 11.0 Å². The first-order valence-corrected chi connectivity index (χ1v) is 6.02. The molecule has 96 valence electrons. The van der Waals surface area contributed by atoms with Gasteiger partial charge >= 0.3 is 0 Å². The Labute approximate surface area is 105 Å². The number of furan rings is 1. The van der Waals surface area contributed by atoms with E-state index in [1.807, 2.05) is 12.1 Å². The number of nitrogens with zero attached hydrogens (tertiary/aromatic N) is 1. The Hall–Kier alpha value is -1.59. The molecule has 0 aromatic carbocycles. The fourth-order valence-corrected chi connectivity index (χ4v) is 2.24. The minimum atomic E-state index is -0.242. The van der Waals surface area contributed by atoms with Crippen molar-refractivity contribution >= 4 is 16.8 Å². The van der Waals surface area contributed by atoms with Crippen LogP contribution in [0.3, 0.4) is 0 Å². The van der Waals surface area contributed by atoms with E-state index in [0.717, 1.165) is 29.8 Å². The molecule has 0 radical (unpaired) electrons. The van der Waals surface area contributed by atoms with Crippen molar-refractivity contribution < 1.29 is 13.9 Å². The molecule has 3 heterocycles. The number of hydrogen-bond acceptors (Lipinski definition) is 5. The van der Waals surface area contributed by atoms with Crippen LogP contribution >= 0.6 is 0 Å². The smallest absolute Gasteiger partial charge is 0.139 e. The number of fused-ring (bicyclic) bond motifs is 1. The van der Waals surface area contributed by atoms with E-state index in [2.05, 4.69) is 10.3 Å². The average Bonchev–Trinajstić information content (AvgIpc) is 3.06. The fourth-order valence-electron chi connectivity index (χ4n) is 2.24. The second-order valence-electron chi connectivity index (χ2n) is 4.54. The van der Waals surface area contributed by atoms with Crippen molar-refractivity contribution in [1.82, 2.24) is 4.98 Å². The molecule has 0 bridgehead atoms. The Bertz CT molecular complexity index is 532. The molecule has 0 amide bonds. The minimum Gasteiger partial charge on any atom is -0.464 e. The van der Waals surface area contributed by atoms with Gasteiger partial charge in [0.05, 0.1) is 18.3 Å². The fraction of sp³-hybridized carbons (Fsp3) is 0.462. The van der Waals surface area contributed by atoms with Crippen molar-refractivity contribution in [1.29, 1.82) is 0 Å². The van der Waals surface area contributed by atoms with E-state index in [0.29, 0.717) is 13.2 Å². The third-order valence-corrected chi connectivity index (χ3v) is 3.46. The van der Waals surface area contributed by atoms with E-state index >= 15 is 0 Å². The van der Waals surface area contributed by atoms with Gasteiger partial charge in [0.25, 0.3) is 0 Å². The number of nitrogens with one attached hydrogen (secondary N) is 1. The van der Waals surface area contributed by atoms with Crippen molar-refractivity contribution in [3.05, 3.63) is 24.6 Å². The Morgan fingerprint density at radius 2 is 2.44 bits per heavy atom. The molecule has 0 aliphatic carbocycles. The third kappa shape index (κ3) is 1.95. The number of hydrogen-bond donors (Lipinski definition) is 1. The molecular weight excluding hydrogens is 232 g/mol. The molecule has 1 aliphatic heterocycles. The number of aromatic nitrogens is 1. The first-order chi connectivity index (χ1) is 8.83. The van der Waals surface area contributed by atoms with Crippen LogP contribution in [0.4, 0.5) is 5.82 Å². The minimum absolute atomic E-state index is 0.242. The summed E-state index contributed by atoms with van der Waals surface area (Å²) in [6.07, 6.45) is 4.30. The van der Waals surface area contributed by atoms with E-state index in [-0.39, 0.29) is 5.60 Å². The average molecular weight is 248 g/mol. The largest absolute Gasteiger partial charge is 0.464 e. The summed E-state index contributed by atoms with van der Waals surface area (Å²) in [5.41, 5.74) is 0.592.